The van der Waals surface area contributed by atoms with E-state index < -0.39 is 0 Å². The summed E-state index contributed by atoms with van der Waals surface area (Å²) in [6.45, 7) is 0.700. The molecule has 0 fully saturated rings. The summed E-state index contributed by atoms with van der Waals surface area (Å²) in [6.07, 6.45) is 2.09. The maximum Gasteiger partial charge on any atom is 0.145 e. The molecule has 0 N–H and O–H groups in total. The average Bonchev–Trinajstić information content (AvgIpc) is 3.47. The van der Waals surface area contributed by atoms with E-state index in [1.165, 1.54) is 5.56 Å². The first-order chi connectivity index (χ1) is 17.2. The molecule has 35 heavy (non-hydrogen) atoms. The van der Waals surface area contributed by atoms with Crippen molar-refractivity contribution in [3.63, 3.8) is 0 Å². The van der Waals surface area contributed by atoms with Gasteiger partial charge in [0, 0.05) is 27.3 Å². The van der Waals surface area contributed by atoms with Crippen molar-refractivity contribution < 1.29 is 0 Å². The minimum atomic E-state index is 0.700. The molecule has 2 aromatic heterocycles. The Morgan fingerprint density at radius 1 is 0.714 bits per heavy atom. The zero-order chi connectivity index (χ0) is 23.8. The molecule has 0 radical (unpaired) electrons. The van der Waals surface area contributed by atoms with E-state index >= 15 is 0 Å². The molecule has 6 heteroatoms. The molecular formula is C29H20Br2N4. The minimum Gasteiger partial charge on any atom is -0.319 e. The summed E-state index contributed by atoms with van der Waals surface area (Å²) >= 11 is 7.17. The predicted molar refractivity (Wildman–Crippen MR) is 149 cm³/mol. The fourth-order valence-electron chi connectivity index (χ4n) is 4.33. The Kier molecular flexibility index (Phi) is 5.84. The van der Waals surface area contributed by atoms with E-state index in [1.54, 1.807) is 0 Å². The SMILES string of the molecule is Brc1ccc(-c2nn(-c3ccccc3)cc2-c2nc3ccccc3n2Cc2cccc(Br)c2)cc1. The zero-order valence-corrected chi connectivity index (χ0v) is 21.8. The van der Waals surface area contributed by atoms with Crippen molar-refractivity contribution in [2.75, 3.05) is 0 Å². The first kappa shape index (κ1) is 22.0. The van der Waals surface area contributed by atoms with Crippen LogP contribution in [0.1, 0.15) is 5.56 Å². The van der Waals surface area contributed by atoms with Gasteiger partial charge in [-0.15, -0.1) is 0 Å². The molecule has 0 spiro atoms. The second kappa shape index (κ2) is 9.29. The third-order valence-corrected chi connectivity index (χ3v) is 7.00. The van der Waals surface area contributed by atoms with Crippen LogP contribution in [-0.4, -0.2) is 19.3 Å². The fraction of sp³-hybridized carbons (Fsp3) is 0.0345. The number of hydrogen-bond acceptors (Lipinski definition) is 2. The molecule has 170 valence electrons. The number of halogens is 2. The van der Waals surface area contributed by atoms with Crippen LogP contribution in [0.25, 0.3) is 39.4 Å². The normalized spacial score (nSPS) is 11.3. The summed E-state index contributed by atoms with van der Waals surface area (Å²) in [6, 6.07) is 35.2. The molecule has 4 aromatic carbocycles. The smallest absolute Gasteiger partial charge is 0.145 e. The first-order valence-electron chi connectivity index (χ1n) is 11.3. The average molecular weight is 584 g/mol. The molecule has 0 aliphatic carbocycles. The largest absolute Gasteiger partial charge is 0.319 e. The molecule has 0 aliphatic heterocycles. The second-order valence-corrected chi connectivity index (χ2v) is 10.1. The van der Waals surface area contributed by atoms with Crippen LogP contribution in [0.2, 0.25) is 0 Å². The van der Waals surface area contributed by atoms with Gasteiger partial charge >= 0.3 is 0 Å². The minimum absolute atomic E-state index is 0.700. The van der Waals surface area contributed by atoms with Gasteiger partial charge in [0.25, 0.3) is 0 Å². The van der Waals surface area contributed by atoms with Crippen molar-refractivity contribution in [1.82, 2.24) is 19.3 Å². The van der Waals surface area contributed by atoms with E-state index in [9.17, 15) is 0 Å². The summed E-state index contributed by atoms with van der Waals surface area (Å²) in [4.78, 5) is 5.10. The van der Waals surface area contributed by atoms with Crippen molar-refractivity contribution in [3.8, 4) is 28.3 Å². The highest BCUT2D eigenvalue weighted by molar-refractivity contribution is 9.10. The Morgan fingerprint density at radius 3 is 2.29 bits per heavy atom. The second-order valence-electron chi connectivity index (χ2n) is 8.32. The van der Waals surface area contributed by atoms with Crippen molar-refractivity contribution in [1.29, 1.82) is 0 Å². The Bertz CT molecular complexity index is 1630. The molecule has 0 saturated heterocycles. The van der Waals surface area contributed by atoms with Crippen LogP contribution in [0.3, 0.4) is 0 Å². The highest BCUT2D eigenvalue weighted by Crippen LogP contribution is 2.35. The Balaban J connectivity index is 1.59. The molecule has 6 rings (SSSR count). The van der Waals surface area contributed by atoms with Crippen molar-refractivity contribution >= 4 is 42.9 Å². The molecule has 0 bridgehead atoms. The molecule has 0 atom stereocenters. The number of benzene rings is 4. The van der Waals surface area contributed by atoms with Crippen LogP contribution in [0.4, 0.5) is 0 Å². The van der Waals surface area contributed by atoms with E-state index in [0.29, 0.717) is 6.54 Å². The molecule has 2 heterocycles. The summed E-state index contributed by atoms with van der Waals surface area (Å²) in [5, 5.41) is 5.03. The van der Waals surface area contributed by atoms with Gasteiger partial charge in [-0.1, -0.05) is 86.5 Å². The first-order valence-corrected chi connectivity index (χ1v) is 12.9. The molecule has 4 nitrogen and oxygen atoms in total. The van der Waals surface area contributed by atoms with E-state index in [0.717, 1.165) is 48.3 Å². The van der Waals surface area contributed by atoms with Crippen LogP contribution in [-0.2, 0) is 6.54 Å². The summed E-state index contributed by atoms with van der Waals surface area (Å²) < 4.78 is 6.32. The van der Waals surface area contributed by atoms with Gasteiger partial charge in [-0.2, -0.15) is 5.10 Å². The maximum absolute atomic E-state index is 5.10. The number of hydrogen-bond donors (Lipinski definition) is 0. The van der Waals surface area contributed by atoms with Gasteiger partial charge in [-0.3, -0.25) is 0 Å². The van der Waals surface area contributed by atoms with Crippen molar-refractivity contribution in [3.05, 3.63) is 124 Å². The molecule has 0 unspecified atom stereocenters. The maximum atomic E-state index is 5.10. The topological polar surface area (TPSA) is 35.6 Å². The number of aromatic nitrogens is 4. The fourth-order valence-corrected chi connectivity index (χ4v) is 5.04. The van der Waals surface area contributed by atoms with Gasteiger partial charge in [-0.25, -0.2) is 9.67 Å². The van der Waals surface area contributed by atoms with E-state index in [4.69, 9.17) is 10.1 Å². The molecular weight excluding hydrogens is 564 g/mol. The van der Waals surface area contributed by atoms with Gasteiger partial charge < -0.3 is 4.57 Å². The lowest BCUT2D eigenvalue weighted by Crippen LogP contribution is -2.02. The number of imidazole rings is 1. The molecule has 0 aliphatic rings. The molecule has 0 saturated carbocycles. The van der Waals surface area contributed by atoms with Crippen molar-refractivity contribution in [2.24, 2.45) is 0 Å². The Morgan fingerprint density at radius 2 is 1.49 bits per heavy atom. The van der Waals surface area contributed by atoms with Gasteiger partial charge in [0.1, 0.15) is 11.5 Å². The molecule has 6 aromatic rings. The lowest BCUT2D eigenvalue weighted by molar-refractivity contribution is 0.833. The standard InChI is InChI=1S/C29H20Br2N4/c30-22-15-13-21(14-16-22)28-25(19-35(33-28)24-9-2-1-3-10-24)29-32-26-11-4-5-12-27(26)34(29)18-20-7-6-8-23(31)17-20/h1-17,19H,18H2. The van der Waals surface area contributed by atoms with Crippen LogP contribution in [0.15, 0.2) is 118 Å². The van der Waals surface area contributed by atoms with E-state index in [2.05, 4.69) is 103 Å². The number of para-hydroxylation sites is 3. The zero-order valence-electron chi connectivity index (χ0n) is 18.6. The monoisotopic (exact) mass is 582 g/mol. The quantitative estimate of drug-likeness (QED) is 0.205. The third kappa shape index (κ3) is 4.35. The predicted octanol–water partition coefficient (Wildman–Crippen LogP) is 8.13. The van der Waals surface area contributed by atoms with Crippen LogP contribution >= 0.6 is 31.9 Å². The lowest BCUT2D eigenvalue weighted by Gasteiger charge is -2.10. The van der Waals surface area contributed by atoms with E-state index in [-0.39, 0.29) is 0 Å². The van der Waals surface area contributed by atoms with Crippen molar-refractivity contribution in [2.45, 2.75) is 6.54 Å². The number of rotatable bonds is 5. The highest BCUT2D eigenvalue weighted by Gasteiger charge is 2.21. The van der Waals surface area contributed by atoms with Gasteiger partial charge in [0.05, 0.1) is 22.3 Å². The van der Waals surface area contributed by atoms with Gasteiger partial charge in [-0.05, 0) is 54.1 Å². The molecule has 0 amide bonds. The Hall–Kier alpha value is -3.48. The lowest BCUT2D eigenvalue weighted by atomic mass is 10.1. The Labute approximate surface area is 220 Å². The number of fused-ring (bicyclic) bond motifs is 1. The number of nitrogens with zero attached hydrogens (tertiary/aromatic N) is 4. The highest BCUT2D eigenvalue weighted by atomic mass is 79.9. The van der Waals surface area contributed by atoms with Gasteiger partial charge in [0.15, 0.2) is 0 Å². The summed E-state index contributed by atoms with van der Waals surface area (Å²) in [5.41, 5.74) is 7.19. The summed E-state index contributed by atoms with van der Waals surface area (Å²) in [5.74, 6) is 0.895. The van der Waals surface area contributed by atoms with Crippen LogP contribution in [0.5, 0.6) is 0 Å². The van der Waals surface area contributed by atoms with Gasteiger partial charge in [0.2, 0.25) is 0 Å². The summed E-state index contributed by atoms with van der Waals surface area (Å²) in [7, 11) is 0. The third-order valence-electron chi connectivity index (χ3n) is 5.98. The van der Waals surface area contributed by atoms with E-state index in [1.807, 2.05) is 47.1 Å². The van der Waals surface area contributed by atoms with Crippen LogP contribution < -0.4 is 0 Å². The van der Waals surface area contributed by atoms with Crippen LogP contribution in [0, 0.1) is 0 Å².